The summed E-state index contributed by atoms with van der Waals surface area (Å²) in [7, 11) is 0. The topological polar surface area (TPSA) is 96.8 Å². The van der Waals surface area contributed by atoms with Gasteiger partial charge in [0.1, 0.15) is 0 Å². The maximum absolute atomic E-state index is 11.9. The smallest absolute Gasteiger partial charge is 0.278 e. The zero-order valence-corrected chi connectivity index (χ0v) is 13.4. The summed E-state index contributed by atoms with van der Waals surface area (Å²) in [5, 5.41) is 4.48. The molecule has 1 saturated heterocycles. The Morgan fingerprint density at radius 2 is 2.27 bits per heavy atom. The van der Waals surface area contributed by atoms with Gasteiger partial charge in [-0.25, -0.2) is 10.4 Å². The van der Waals surface area contributed by atoms with Crippen LogP contribution in [-0.4, -0.2) is 49.7 Å². The molecule has 2 amide bonds. The van der Waals surface area contributed by atoms with E-state index in [4.69, 9.17) is 4.74 Å². The monoisotopic (exact) mass is 323 g/mol. The van der Waals surface area contributed by atoms with Crippen molar-refractivity contribution in [3.05, 3.63) is 18.6 Å². The molecule has 0 spiro atoms. The van der Waals surface area contributed by atoms with Crippen LogP contribution in [0.3, 0.4) is 0 Å². The summed E-state index contributed by atoms with van der Waals surface area (Å²) in [6.45, 7) is 5.49. The zero-order chi connectivity index (χ0) is 16.2. The molecule has 1 N–H and O–H groups in total. The molecule has 0 bridgehead atoms. The van der Waals surface area contributed by atoms with E-state index >= 15 is 0 Å². The number of rotatable bonds is 4. The summed E-state index contributed by atoms with van der Waals surface area (Å²) < 4.78 is 5.16. The minimum absolute atomic E-state index is 0.0266. The lowest BCUT2D eigenvalue weighted by Crippen LogP contribution is -2.45. The van der Waals surface area contributed by atoms with Crippen molar-refractivity contribution in [2.75, 3.05) is 12.4 Å². The van der Waals surface area contributed by atoms with Gasteiger partial charge in [0, 0.05) is 17.9 Å². The highest BCUT2D eigenvalue weighted by Gasteiger charge is 2.36. The summed E-state index contributed by atoms with van der Waals surface area (Å²) in [6.07, 6.45) is 4.38. The molecule has 0 aromatic carbocycles. The summed E-state index contributed by atoms with van der Waals surface area (Å²) in [5.74, 6) is 0.113. The van der Waals surface area contributed by atoms with E-state index in [2.05, 4.69) is 20.5 Å². The number of hydrazone groups is 1. The third kappa shape index (κ3) is 4.17. The molecule has 1 aliphatic rings. The second-order valence-corrected chi connectivity index (χ2v) is 6.39. The van der Waals surface area contributed by atoms with Gasteiger partial charge in [-0.1, -0.05) is 11.8 Å². The number of thioether (sulfide) groups is 1. The molecule has 0 saturated carbocycles. The number of ether oxygens (including phenoxy) is 1. The van der Waals surface area contributed by atoms with Crippen LogP contribution >= 0.6 is 11.8 Å². The van der Waals surface area contributed by atoms with Crippen molar-refractivity contribution in [2.45, 2.75) is 26.3 Å². The molecule has 2 rings (SSSR count). The van der Waals surface area contributed by atoms with E-state index in [1.807, 2.05) is 20.8 Å². The van der Waals surface area contributed by atoms with Gasteiger partial charge >= 0.3 is 0 Å². The first kappa shape index (κ1) is 16.2. The average molecular weight is 323 g/mol. The van der Waals surface area contributed by atoms with E-state index in [0.29, 0.717) is 10.9 Å². The van der Waals surface area contributed by atoms with E-state index in [1.165, 1.54) is 30.4 Å². The normalized spacial score (nSPS) is 17.0. The zero-order valence-electron chi connectivity index (χ0n) is 12.6. The predicted octanol–water partition coefficient (Wildman–Crippen LogP) is 0.616. The van der Waals surface area contributed by atoms with E-state index in [1.54, 1.807) is 4.90 Å². The Bertz CT molecular complexity index is 585. The van der Waals surface area contributed by atoms with Crippen molar-refractivity contribution >= 4 is 28.7 Å². The Morgan fingerprint density at radius 1 is 1.50 bits per heavy atom. The van der Waals surface area contributed by atoms with Crippen LogP contribution in [0, 0.1) is 0 Å². The predicted molar refractivity (Wildman–Crippen MR) is 82.2 cm³/mol. The third-order valence-corrected chi connectivity index (χ3v) is 3.53. The molecule has 2 heterocycles. The van der Waals surface area contributed by atoms with E-state index in [9.17, 15) is 9.59 Å². The van der Waals surface area contributed by atoms with Gasteiger partial charge in [-0.3, -0.25) is 19.5 Å². The van der Waals surface area contributed by atoms with Gasteiger partial charge in [0.25, 0.3) is 5.91 Å². The Hall–Kier alpha value is -2.16. The summed E-state index contributed by atoms with van der Waals surface area (Å²) in [5.41, 5.74) is 1.99. The van der Waals surface area contributed by atoms with Gasteiger partial charge in [-0.2, -0.15) is 0 Å². The van der Waals surface area contributed by atoms with Gasteiger partial charge in [-0.15, -0.1) is 5.10 Å². The van der Waals surface area contributed by atoms with Crippen LogP contribution in [0.1, 0.15) is 20.8 Å². The average Bonchev–Trinajstić information content (AvgIpc) is 2.85. The maximum atomic E-state index is 11.9. The molecule has 9 heteroatoms. The Kier molecular flexibility index (Phi) is 4.96. The molecule has 0 radical (unpaired) electrons. The number of amidine groups is 1. The van der Waals surface area contributed by atoms with Crippen LogP contribution in [0.5, 0.6) is 5.88 Å². The highest BCUT2D eigenvalue weighted by Crippen LogP contribution is 2.26. The first-order valence-electron chi connectivity index (χ1n) is 6.59. The number of nitrogens with one attached hydrogen (secondary N) is 1. The summed E-state index contributed by atoms with van der Waals surface area (Å²) in [4.78, 5) is 32.8. The molecular formula is C13H17N5O3S. The number of carbonyl (C=O) groups is 2. The van der Waals surface area contributed by atoms with Crippen LogP contribution < -0.4 is 10.2 Å². The summed E-state index contributed by atoms with van der Waals surface area (Å²) >= 11 is 1.29. The molecule has 1 fully saturated rings. The van der Waals surface area contributed by atoms with Gasteiger partial charge in [0.2, 0.25) is 11.8 Å². The number of hydrogen-bond acceptors (Lipinski definition) is 7. The molecule has 0 atom stereocenters. The molecule has 22 heavy (non-hydrogen) atoms. The number of carbonyl (C=O) groups excluding carboxylic acids is 2. The molecule has 1 aromatic rings. The molecule has 0 unspecified atom stereocenters. The standard InChI is InChI=1S/C13H17N5O3S/c1-13(2,3)18-11(20)8-22-12(18)17-16-9(19)7-21-10-6-14-4-5-15-10/h4-6H,7-8H2,1-3H3,(H,16,19)/b17-12+. The van der Waals surface area contributed by atoms with Crippen LogP contribution in [0.15, 0.2) is 23.7 Å². The van der Waals surface area contributed by atoms with E-state index < -0.39 is 5.91 Å². The van der Waals surface area contributed by atoms with Gasteiger partial charge < -0.3 is 4.74 Å². The van der Waals surface area contributed by atoms with Crippen molar-refractivity contribution in [1.29, 1.82) is 0 Å². The van der Waals surface area contributed by atoms with Crippen LogP contribution in [0.4, 0.5) is 0 Å². The quantitative estimate of drug-likeness (QED) is 0.816. The molecule has 1 aliphatic heterocycles. The summed E-state index contributed by atoms with van der Waals surface area (Å²) in [6, 6.07) is 0. The Morgan fingerprint density at radius 3 is 2.91 bits per heavy atom. The van der Waals surface area contributed by atoms with E-state index in [-0.39, 0.29) is 23.9 Å². The fourth-order valence-electron chi connectivity index (χ4n) is 1.75. The fraction of sp³-hybridized carbons (Fsp3) is 0.462. The molecule has 0 aliphatic carbocycles. The lowest BCUT2D eigenvalue weighted by Gasteiger charge is -2.30. The maximum Gasteiger partial charge on any atom is 0.278 e. The molecular weight excluding hydrogens is 306 g/mol. The lowest BCUT2D eigenvalue weighted by atomic mass is 10.1. The number of hydrogen-bond donors (Lipinski definition) is 1. The SMILES string of the molecule is CC(C)(C)N1C(=O)CS/C1=N/NC(=O)COc1cnccn1. The largest absolute Gasteiger partial charge is 0.466 e. The highest BCUT2D eigenvalue weighted by molar-refractivity contribution is 8.15. The van der Waals surface area contributed by atoms with Crippen molar-refractivity contribution in [1.82, 2.24) is 20.3 Å². The molecule has 118 valence electrons. The minimum atomic E-state index is -0.438. The lowest BCUT2D eigenvalue weighted by molar-refractivity contribution is -0.127. The van der Waals surface area contributed by atoms with Gasteiger partial charge in [-0.05, 0) is 20.8 Å². The highest BCUT2D eigenvalue weighted by atomic mass is 32.2. The molecule has 1 aromatic heterocycles. The first-order chi connectivity index (χ1) is 10.4. The first-order valence-corrected chi connectivity index (χ1v) is 7.57. The van der Waals surface area contributed by atoms with Crippen molar-refractivity contribution in [3.8, 4) is 5.88 Å². The number of amides is 2. The number of nitrogens with zero attached hydrogens (tertiary/aromatic N) is 4. The van der Waals surface area contributed by atoms with E-state index in [0.717, 1.165) is 0 Å². The number of aromatic nitrogens is 2. The van der Waals surface area contributed by atoms with Crippen LogP contribution in [0.25, 0.3) is 0 Å². The second-order valence-electron chi connectivity index (χ2n) is 5.45. The Balaban J connectivity index is 1.90. The van der Waals surface area contributed by atoms with Crippen molar-refractivity contribution in [3.63, 3.8) is 0 Å². The second kappa shape index (κ2) is 6.73. The van der Waals surface area contributed by atoms with Crippen molar-refractivity contribution in [2.24, 2.45) is 5.10 Å². The van der Waals surface area contributed by atoms with Crippen LogP contribution in [-0.2, 0) is 9.59 Å². The third-order valence-electron chi connectivity index (χ3n) is 2.60. The minimum Gasteiger partial charge on any atom is -0.466 e. The fourth-order valence-corrected chi connectivity index (χ4v) is 2.74. The van der Waals surface area contributed by atoms with Crippen LogP contribution in [0.2, 0.25) is 0 Å². The molecule has 8 nitrogen and oxygen atoms in total. The Labute approximate surface area is 132 Å². The van der Waals surface area contributed by atoms with Crippen molar-refractivity contribution < 1.29 is 14.3 Å². The van der Waals surface area contributed by atoms with Gasteiger partial charge in [0.15, 0.2) is 11.8 Å². The van der Waals surface area contributed by atoms with Gasteiger partial charge in [0.05, 0.1) is 11.9 Å².